The predicted octanol–water partition coefficient (Wildman–Crippen LogP) is 5.93. The second-order valence-electron chi connectivity index (χ2n) is 9.37. The monoisotopic (exact) mass is 522 g/mol. The van der Waals surface area contributed by atoms with Crippen molar-refractivity contribution in [1.29, 1.82) is 0 Å². The number of allylic oxidation sites excluding steroid dienone is 4. The molecule has 9 heteroatoms. The molecular weight excluding hydrogens is 496 g/mol. The van der Waals surface area contributed by atoms with Gasteiger partial charge in [0.1, 0.15) is 6.61 Å². The van der Waals surface area contributed by atoms with E-state index in [-0.39, 0.29) is 28.9 Å². The van der Waals surface area contributed by atoms with Gasteiger partial charge in [0, 0.05) is 53.4 Å². The average molecular weight is 523 g/mol. The first-order chi connectivity index (χ1) is 17.9. The van der Waals surface area contributed by atoms with Gasteiger partial charge in [-0.2, -0.15) is 0 Å². The van der Waals surface area contributed by atoms with Crippen LogP contribution in [-0.4, -0.2) is 23.1 Å². The minimum Gasteiger partial charge on any atom is -0.490 e. The van der Waals surface area contributed by atoms with Crippen molar-refractivity contribution in [1.82, 2.24) is 5.32 Å². The lowest BCUT2D eigenvalue weighted by atomic mass is 9.71. The van der Waals surface area contributed by atoms with Crippen LogP contribution in [0.5, 0.6) is 11.5 Å². The molecule has 8 nitrogen and oxygen atoms in total. The Kier molecular flexibility index (Phi) is 7.02. The number of carbonyl (C=O) groups is 2. The molecular formula is C28H27ClN2O6. The number of nitro benzene ring substituents is 1. The quantitative estimate of drug-likeness (QED) is 0.355. The number of Topliss-reactive ketones (excluding diaryl/α,β-unsaturated/α-hetero) is 2. The number of non-ortho nitro benzene ring substituents is 1. The summed E-state index contributed by atoms with van der Waals surface area (Å²) in [5.74, 6) is 0.285. The average Bonchev–Trinajstić information content (AvgIpc) is 2.87. The van der Waals surface area contributed by atoms with Crippen molar-refractivity contribution in [2.24, 2.45) is 0 Å². The van der Waals surface area contributed by atoms with Crippen LogP contribution in [0.15, 0.2) is 58.9 Å². The lowest BCUT2D eigenvalue weighted by molar-refractivity contribution is -0.384. The topological polar surface area (TPSA) is 108 Å². The molecule has 2 aromatic rings. The first kappa shape index (κ1) is 25.0. The maximum atomic E-state index is 13.1. The third-order valence-corrected chi connectivity index (χ3v) is 7.24. The Balaban J connectivity index is 1.55. The molecule has 1 N–H and O–H groups in total. The standard InChI is InChI=1S/C28H27ClN2O6/c1-2-36-24-14-17(13-19(29)28(24)37-15-16-6-3-7-18(12-16)31(34)35)25-26-20(8-4-10-22(26)32)30-21-9-5-11-23(33)27(21)25/h3,6-7,12-14,25,30H,2,4-5,8-11,15H2,1H3. The summed E-state index contributed by atoms with van der Waals surface area (Å²) >= 11 is 6.73. The fourth-order valence-electron chi connectivity index (χ4n) is 5.39. The molecule has 37 heavy (non-hydrogen) atoms. The van der Waals surface area contributed by atoms with Crippen LogP contribution in [0.3, 0.4) is 0 Å². The molecule has 0 unspecified atom stereocenters. The van der Waals surface area contributed by atoms with E-state index in [1.807, 2.05) is 6.92 Å². The summed E-state index contributed by atoms with van der Waals surface area (Å²) < 4.78 is 11.9. The number of ketones is 2. The van der Waals surface area contributed by atoms with Crippen LogP contribution in [-0.2, 0) is 16.2 Å². The van der Waals surface area contributed by atoms with Crippen LogP contribution < -0.4 is 14.8 Å². The maximum absolute atomic E-state index is 13.1. The number of benzene rings is 2. The second-order valence-corrected chi connectivity index (χ2v) is 9.78. The molecule has 0 aromatic heterocycles. The lowest BCUT2D eigenvalue weighted by Crippen LogP contribution is -2.36. The number of ether oxygens (including phenoxy) is 2. The SMILES string of the molecule is CCOc1cc(C2C3=C(CCCC3=O)NC3=C2C(=O)CCC3)cc(Cl)c1OCc1cccc([N+](=O)[O-])c1. The van der Waals surface area contributed by atoms with Crippen LogP contribution in [0.25, 0.3) is 0 Å². The van der Waals surface area contributed by atoms with Crippen molar-refractivity contribution >= 4 is 28.9 Å². The van der Waals surface area contributed by atoms with Crippen molar-refractivity contribution in [3.05, 3.63) is 85.2 Å². The number of halogens is 1. The van der Waals surface area contributed by atoms with E-state index in [1.165, 1.54) is 12.1 Å². The maximum Gasteiger partial charge on any atom is 0.269 e. The van der Waals surface area contributed by atoms with Gasteiger partial charge in [0.25, 0.3) is 5.69 Å². The van der Waals surface area contributed by atoms with E-state index in [9.17, 15) is 19.7 Å². The molecule has 2 aliphatic carbocycles. The van der Waals surface area contributed by atoms with E-state index in [2.05, 4.69) is 5.32 Å². The van der Waals surface area contributed by atoms with Crippen LogP contribution in [0.2, 0.25) is 5.02 Å². The zero-order valence-corrected chi connectivity index (χ0v) is 21.2. The smallest absolute Gasteiger partial charge is 0.269 e. The molecule has 0 atom stereocenters. The number of dihydropyridines is 1. The van der Waals surface area contributed by atoms with Gasteiger partial charge in [-0.05, 0) is 55.9 Å². The summed E-state index contributed by atoms with van der Waals surface area (Å²) in [6.07, 6.45) is 3.99. The molecule has 3 aliphatic rings. The summed E-state index contributed by atoms with van der Waals surface area (Å²) in [5, 5.41) is 14.8. The van der Waals surface area contributed by atoms with E-state index in [0.717, 1.165) is 37.1 Å². The van der Waals surface area contributed by atoms with Crippen molar-refractivity contribution < 1.29 is 24.0 Å². The third-order valence-electron chi connectivity index (χ3n) is 6.96. The molecule has 0 saturated heterocycles. The summed E-state index contributed by atoms with van der Waals surface area (Å²) in [7, 11) is 0. The molecule has 1 aliphatic heterocycles. The third kappa shape index (κ3) is 4.85. The molecule has 0 bridgehead atoms. The largest absolute Gasteiger partial charge is 0.490 e. The minimum absolute atomic E-state index is 0.0269. The van der Waals surface area contributed by atoms with Crippen LogP contribution in [0.4, 0.5) is 5.69 Å². The van der Waals surface area contributed by atoms with Gasteiger partial charge in [0.15, 0.2) is 23.1 Å². The fourth-order valence-corrected chi connectivity index (χ4v) is 5.66. The Labute approximate surface area is 219 Å². The first-order valence-corrected chi connectivity index (χ1v) is 12.9. The first-order valence-electron chi connectivity index (χ1n) is 12.5. The van der Waals surface area contributed by atoms with Gasteiger partial charge < -0.3 is 14.8 Å². The van der Waals surface area contributed by atoms with E-state index in [1.54, 1.807) is 24.3 Å². The predicted molar refractivity (Wildman–Crippen MR) is 138 cm³/mol. The molecule has 192 valence electrons. The molecule has 0 radical (unpaired) electrons. The van der Waals surface area contributed by atoms with Gasteiger partial charge in [0.05, 0.1) is 16.6 Å². The van der Waals surface area contributed by atoms with Crippen molar-refractivity contribution in [2.45, 2.75) is 58.0 Å². The highest BCUT2D eigenvalue weighted by Crippen LogP contribution is 2.48. The highest BCUT2D eigenvalue weighted by atomic mass is 35.5. The number of hydrogen-bond acceptors (Lipinski definition) is 7. The van der Waals surface area contributed by atoms with Crippen LogP contribution in [0, 0.1) is 10.1 Å². The van der Waals surface area contributed by atoms with Gasteiger partial charge in [0.2, 0.25) is 0 Å². The lowest BCUT2D eigenvalue weighted by Gasteiger charge is -2.37. The molecule has 0 fully saturated rings. The minimum atomic E-state index is -0.505. The molecule has 0 amide bonds. The summed E-state index contributed by atoms with van der Waals surface area (Å²) in [6.45, 7) is 2.24. The Morgan fingerprint density at radius 3 is 2.30 bits per heavy atom. The second kappa shape index (κ2) is 10.4. The fraction of sp³-hybridized carbons (Fsp3) is 0.357. The van der Waals surface area contributed by atoms with E-state index < -0.39 is 10.8 Å². The van der Waals surface area contributed by atoms with Crippen LogP contribution >= 0.6 is 11.6 Å². The Morgan fingerprint density at radius 1 is 1.00 bits per heavy atom. The van der Waals surface area contributed by atoms with Crippen molar-refractivity contribution in [2.75, 3.05) is 6.61 Å². The molecule has 0 saturated carbocycles. The number of rotatable bonds is 7. The van der Waals surface area contributed by atoms with E-state index in [0.29, 0.717) is 53.2 Å². The van der Waals surface area contributed by atoms with Crippen molar-refractivity contribution in [3.63, 3.8) is 0 Å². The number of carbonyl (C=O) groups excluding carboxylic acids is 2. The highest BCUT2D eigenvalue weighted by Gasteiger charge is 2.40. The molecule has 5 rings (SSSR count). The van der Waals surface area contributed by atoms with Gasteiger partial charge in [-0.1, -0.05) is 23.7 Å². The molecule has 1 heterocycles. The van der Waals surface area contributed by atoms with Gasteiger partial charge >= 0.3 is 0 Å². The van der Waals surface area contributed by atoms with Gasteiger partial charge in [-0.25, -0.2) is 0 Å². The summed E-state index contributed by atoms with van der Waals surface area (Å²) in [5.41, 5.74) is 4.38. The zero-order valence-electron chi connectivity index (χ0n) is 20.5. The van der Waals surface area contributed by atoms with Gasteiger partial charge in [-0.3, -0.25) is 19.7 Å². The van der Waals surface area contributed by atoms with Crippen molar-refractivity contribution in [3.8, 4) is 11.5 Å². The Morgan fingerprint density at radius 2 is 1.68 bits per heavy atom. The molecule has 0 spiro atoms. The van der Waals surface area contributed by atoms with E-state index in [4.69, 9.17) is 21.1 Å². The van der Waals surface area contributed by atoms with Crippen LogP contribution in [0.1, 0.15) is 62.5 Å². The molecule has 2 aromatic carbocycles. The zero-order chi connectivity index (χ0) is 26.1. The number of nitrogens with one attached hydrogen (secondary N) is 1. The highest BCUT2D eigenvalue weighted by molar-refractivity contribution is 6.32. The number of nitrogens with zero attached hydrogens (tertiary/aromatic N) is 1. The van der Waals surface area contributed by atoms with Gasteiger partial charge in [-0.15, -0.1) is 0 Å². The Bertz CT molecular complexity index is 1320. The summed E-state index contributed by atoms with van der Waals surface area (Å²) in [4.78, 5) is 36.9. The summed E-state index contributed by atoms with van der Waals surface area (Å²) in [6, 6.07) is 9.73. The normalized spacial score (nSPS) is 17.8. The number of hydrogen-bond donors (Lipinski definition) is 1. The Hall–Kier alpha value is -3.65. The van der Waals surface area contributed by atoms with E-state index >= 15 is 0 Å². The number of nitro groups is 1.